The van der Waals surface area contributed by atoms with Gasteiger partial charge in [0.2, 0.25) is 6.79 Å². The number of carboxylic acids is 1. The van der Waals surface area contributed by atoms with Crippen molar-refractivity contribution in [2.45, 2.75) is 32.8 Å². The van der Waals surface area contributed by atoms with Gasteiger partial charge in [-0.05, 0) is 49.6 Å². The molecule has 0 bridgehead atoms. The molecule has 2 rings (SSSR count). The van der Waals surface area contributed by atoms with Crippen LogP contribution in [0.3, 0.4) is 0 Å². The molecule has 2 aromatic rings. The van der Waals surface area contributed by atoms with Crippen molar-refractivity contribution < 1.29 is 28.9 Å². The monoisotopic (exact) mass is 403 g/mol. The molecule has 0 aliphatic carbocycles. The highest BCUT2D eigenvalue weighted by atomic mass is 16.8. The Labute approximate surface area is 171 Å². The van der Waals surface area contributed by atoms with E-state index < -0.39 is 12.1 Å². The maximum absolute atomic E-state index is 11.2. The average Bonchev–Trinajstić information content (AvgIpc) is 2.72. The minimum atomic E-state index is -0.962. The number of ether oxygens (including phenoxy) is 3. The molecule has 2 N–H and O–H groups in total. The summed E-state index contributed by atoms with van der Waals surface area (Å²) in [4.78, 5) is 16.5. The quantitative estimate of drug-likeness (QED) is 0.285. The topological polar surface area (TPSA) is 86.3 Å². The zero-order valence-corrected chi connectivity index (χ0v) is 16.9. The molecule has 7 nitrogen and oxygen atoms in total. The second kappa shape index (κ2) is 12.8. The van der Waals surface area contributed by atoms with Gasteiger partial charge < -0.3 is 19.3 Å². The van der Waals surface area contributed by atoms with E-state index >= 15 is 0 Å². The molecular weight excluding hydrogens is 374 g/mol. The summed E-state index contributed by atoms with van der Waals surface area (Å²) in [5.41, 5.74) is 4.86. The Morgan fingerprint density at radius 3 is 2.48 bits per heavy atom. The smallest absolute Gasteiger partial charge is 0.333 e. The van der Waals surface area contributed by atoms with Gasteiger partial charge >= 0.3 is 5.97 Å². The number of carbonyl (C=O) groups is 1. The van der Waals surface area contributed by atoms with Gasteiger partial charge in [-0.1, -0.05) is 30.3 Å². The highest BCUT2D eigenvalue weighted by Crippen LogP contribution is 2.18. The van der Waals surface area contributed by atoms with Crippen LogP contribution in [0.5, 0.6) is 11.5 Å². The molecule has 0 amide bonds. The van der Waals surface area contributed by atoms with Crippen LogP contribution in [-0.4, -0.2) is 43.7 Å². The molecule has 29 heavy (non-hydrogen) atoms. The van der Waals surface area contributed by atoms with Gasteiger partial charge in [0.15, 0.2) is 6.10 Å². The van der Waals surface area contributed by atoms with Crippen molar-refractivity contribution in [2.24, 2.45) is 0 Å². The Bertz CT molecular complexity index is 734. The first-order chi connectivity index (χ1) is 14.1. The second-order valence-corrected chi connectivity index (χ2v) is 6.22. The number of para-hydroxylation sites is 1. The van der Waals surface area contributed by atoms with E-state index in [-0.39, 0.29) is 6.79 Å². The van der Waals surface area contributed by atoms with Crippen molar-refractivity contribution >= 4 is 5.97 Å². The van der Waals surface area contributed by atoms with Crippen LogP contribution in [0.25, 0.3) is 0 Å². The molecule has 0 aliphatic heterocycles. The molecule has 0 fully saturated rings. The first kappa shape index (κ1) is 22.7. The van der Waals surface area contributed by atoms with Gasteiger partial charge in [0, 0.05) is 19.6 Å². The summed E-state index contributed by atoms with van der Waals surface area (Å²) in [7, 11) is 0. The van der Waals surface area contributed by atoms with E-state index in [1.54, 1.807) is 19.1 Å². The predicted molar refractivity (Wildman–Crippen MR) is 109 cm³/mol. The third-order valence-electron chi connectivity index (χ3n) is 4.14. The Morgan fingerprint density at radius 2 is 1.79 bits per heavy atom. The van der Waals surface area contributed by atoms with Crippen LogP contribution in [0.1, 0.15) is 25.0 Å². The maximum Gasteiger partial charge on any atom is 0.333 e. The number of rotatable bonds is 14. The molecule has 0 unspecified atom stereocenters. The first-order valence-electron chi connectivity index (χ1n) is 9.75. The lowest BCUT2D eigenvalue weighted by atomic mass is 10.1. The normalized spacial score (nSPS) is 11.8. The van der Waals surface area contributed by atoms with E-state index in [9.17, 15) is 4.79 Å². The molecule has 7 heteroatoms. The predicted octanol–water partition coefficient (Wildman–Crippen LogP) is 3.22. The molecule has 1 atom stereocenters. The van der Waals surface area contributed by atoms with Crippen LogP contribution >= 0.6 is 0 Å². The van der Waals surface area contributed by atoms with Crippen molar-refractivity contribution in [1.82, 2.24) is 5.48 Å². The summed E-state index contributed by atoms with van der Waals surface area (Å²) in [6.45, 7) is 5.42. The standard InChI is InChI=1S/C22H29NO6/c1-3-26-20-8-6-5-7-18(20)13-14-23-29-16-28-19-11-9-17(10-12-19)15-21(22(24)25)27-4-2/h5-12,21,23H,3-4,13-16H2,1-2H3,(H,24,25)/t21-/m0/s1. The minimum Gasteiger partial charge on any atom is -0.494 e. The fourth-order valence-electron chi connectivity index (χ4n) is 2.76. The van der Waals surface area contributed by atoms with E-state index in [2.05, 4.69) is 5.48 Å². The van der Waals surface area contributed by atoms with Crippen molar-refractivity contribution in [3.05, 3.63) is 59.7 Å². The van der Waals surface area contributed by atoms with E-state index in [0.29, 0.717) is 31.9 Å². The van der Waals surface area contributed by atoms with E-state index in [0.717, 1.165) is 23.3 Å². The molecular formula is C22H29NO6. The fourth-order valence-corrected chi connectivity index (χ4v) is 2.76. The van der Waals surface area contributed by atoms with E-state index in [4.69, 9.17) is 24.2 Å². The van der Waals surface area contributed by atoms with E-state index in [1.807, 2.05) is 43.3 Å². The summed E-state index contributed by atoms with van der Waals surface area (Å²) in [6.07, 6.45) is 0.243. The lowest BCUT2D eigenvalue weighted by molar-refractivity contribution is -0.149. The second-order valence-electron chi connectivity index (χ2n) is 6.22. The van der Waals surface area contributed by atoms with Gasteiger partial charge in [-0.15, -0.1) is 0 Å². The first-order valence-corrected chi connectivity index (χ1v) is 9.75. The number of nitrogens with one attached hydrogen (secondary N) is 1. The molecule has 2 aromatic carbocycles. The zero-order chi connectivity index (χ0) is 20.9. The van der Waals surface area contributed by atoms with Gasteiger partial charge in [0.05, 0.1) is 6.61 Å². The number of benzene rings is 2. The summed E-state index contributed by atoms with van der Waals surface area (Å²) in [5, 5.41) is 9.14. The number of hydrogen-bond acceptors (Lipinski definition) is 6. The summed E-state index contributed by atoms with van der Waals surface area (Å²) in [5.74, 6) is 0.568. The van der Waals surface area contributed by atoms with Gasteiger partial charge in [0.25, 0.3) is 0 Å². The van der Waals surface area contributed by atoms with Gasteiger partial charge in [-0.2, -0.15) is 5.48 Å². The Morgan fingerprint density at radius 1 is 1.03 bits per heavy atom. The lowest BCUT2D eigenvalue weighted by Crippen LogP contribution is -2.26. The fraction of sp³-hybridized carbons (Fsp3) is 0.409. The van der Waals surface area contributed by atoms with Crippen LogP contribution in [0.4, 0.5) is 0 Å². The van der Waals surface area contributed by atoms with E-state index in [1.165, 1.54) is 0 Å². The third-order valence-corrected chi connectivity index (χ3v) is 4.14. The highest BCUT2D eigenvalue weighted by Gasteiger charge is 2.17. The molecule has 0 spiro atoms. The summed E-state index contributed by atoms with van der Waals surface area (Å²) in [6, 6.07) is 15.1. The molecule has 158 valence electrons. The molecule has 0 saturated heterocycles. The number of hydrogen-bond donors (Lipinski definition) is 2. The van der Waals surface area contributed by atoms with Crippen LogP contribution in [0, 0.1) is 0 Å². The van der Waals surface area contributed by atoms with Crippen LogP contribution < -0.4 is 15.0 Å². The van der Waals surface area contributed by atoms with Gasteiger partial charge in [0.1, 0.15) is 11.5 Å². The number of hydroxylamine groups is 1. The van der Waals surface area contributed by atoms with Gasteiger partial charge in [-0.3, -0.25) is 4.84 Å². The van der Waals surface area contributed by atoms with Crippen LogP contribution in [0.2, 0.25) is 0 Å². The number of aliphatic carboxylic acids is 1. The molecule has 0 aromatic heterocycles. The third kappa shape index (κ3) is 8.11. The van der Waals surface area contributed by atoms with Crippen molar-refractivity contribution in [2.75, 3.05) is 26.6 Å². The zero-order valence-electron chi connectivity index (χ0n) is 16.9. The summed E-state index contributed by atoms with van der Waals surface area (Å²) < 4.78 is 16.3. The Kier molecular flexibility index (Phi) is 9.99. The number of carboxylic acid groups (broad SMARTS) is 1. The molecule has 0 aliphatic rings. The van der Waals surface area contributed by atoms with Crippen LogP contribution in [-0.2, 0) is 27.2 Å². The SMILES string of the molecule is CCOc1ccccc1CCNOCOc1ccc(C[C@H](OCC)C(=O)O)cc1. The molecule has 0 radical (unpaired) electrons. The maximum atomic E-state index is 11.2. The van der Waals surface area contributed by atoms with Crippen molar-refractivity contribution in [3.63, 3.8) is 0 Å². The average molecular weight is 403 g/mol. The Hall–Kier alpha value is -2.61. The highest BCUT2D eigenvalue weighted by molar-refractivity contribution is 5.72. The Balaban J connectivity index is 1.67. The van der Waals surface area contributed by atoms with Gasteiger partial charge in [-0.25, -0.2) is 4.79 Å². The summed E-state index contributed by atoms with van der Waals surface area (Å²) >= 11 is 0. The minimum absolute atomic E-state index is 0.0587. The van der Waals surface area contributed by atoms with Crippen molar-refractivity contribution in [1.29, 1.82) is 0 Å². The molecule has 0 saturated carbocycles. The largest absolute Gasteiger partial charge is 0.494 e. The van der Waals surface area contributed by atoms with Crippen molar-refractivity contribution in [3.8, 4) is 11.5 Å². The van der Waals surface area contributed by atoms with Crippen LogP contribution in [0.15, 0.2) is 48.5 Å². The lowest BCUT2D eigenvalue weighted by Gasteiger charge is -2.13. The molecule has 0 heterocycles.